The third-order valence-corrected chi connectivity index (χ3v) is 10.4. The van der Waals surface area contributed by atoms with Gasteiger partial charge in [-0.1, -0.05) is 123 Å². The maximum Gasteiger partial charge on any atom is 0.0517 e. The standard InChI is InChI=1S/C40H35N/c1-39-25-13-14-26-40(39,2)41(30-17-7-4-8-18-30)36-24-23-29(27-35(36)39)38-33-21-11-9-19-31(33)37(28-15-5-3-6-16-28)32-20-10-12-22-34(32)38/h3-12,15-24,27H,13-14,25-26H2,1-2H3. The summed E-state index contributed by atoms with van der Waals surface area (Å²) >= 11 is 0. The summed E-state index contributed by atoms with van der Waals surface area (Å²) in [5.41, 5.74) is 9.57. The largest absolute Gasteiger partial charge is 0.334 e. The molecule has 0 radical (unpaired) electrons. The Morgan fingerprint density at radius 2 is 1.02 bits per heavy atom. The summed E-state index contributed by atoms with van der Waals surface area (Å²) in [6, 6.07) is 47.3. The van der Waals surface area contributed by atoms with Gasteiger partial charge in [-0.15, -0.1) is 0 Å². The molecular formula is C40H35N. The van der Waals surface area contributed by atoms with Crippen LogP contribution in [-0.4, -0.2) is 5.54 Å². The average molecular weight is 530 g/mol. The molecule has 2 atom stereocenters. The number of fused-ring (bicyclic) bond motifs is 5. The molecule has 1 heterocycles. The van der Waals surface area contributed by atoms with Gasteiger partial charge >= 0.3 is 0 Å². The first-order valence-corrected chi connectivity index (χ1v) is 15.1. The molecule has 1 aliphatic carbocycles. The summed E-state index contributed by atoms with van der Waals surface area (Å²) in [5, 5.41) is 5.26. The van der Waals surface area contributed by atoms with Crippen LogP contribution in [0.15, 0.2) is 127 Å². The Labute approximate surface area is 243 Å². The summed E-state index contributed by atoms with van der Waals surface area (Å²) in [6.07, 6.45) is 5.00. The van der Waals surface area contributed by atoms with Crippen molar-refractivity contribution >= 4 is 32.9 Å². The van der Waals surface area contributed by atoms with Crippen molar-refractivity contribution in [1.82, 2.24) is 0 Å². The fourth-order valence-corrected chi connectivity index (χ4v) is 8.23. The zero-order valence-electron chi connectivity index (χ0n) is 23.9. The Morgan fingerprint density at radius 3 is 1.63 bits per heavy atom. The highest BCUT2D eigenvalue weighted by Gasteiger charge is 2.57. The molecule has 2 unspecified atom stereocenters. The van der Waals surface area contributed by atoms with Gasteiger partial charge in [0.15, 0.2) is 0 Å². The Bertz CT molecular complexity index is 1870. The lowest BCUT2D eigenvalue weighted by atomic mass is 9.61. The number of benzene rings is 6. The highest BCUT2D eigenvalue weighted by Crippen LogP contribution is 2.61. The van der Waals surface area contributed by atoms with Crippen LogP contribution in [0.25, 0.3) is 43.8 Å². The zero-order valence-corrected chi connectivity index (χ0v) is 23.9. The van der Waals surface area contributed by atoms with Crippen molar-refractivity contribution < 1.29 is 0 Å². The number of para-hydroxylation sites is 1. The second-order valence-electron chi connectivity index (χ2n) is 12.4. The molecule has 0 N–H and O–H groups in total. The lowest BCUT2D eigenvalue weighted by molar-refractivity contribution is 0.195. The molecule has 0 amide bonds. The number of anilines is 2. The van der Waals surface area contributed by atoms with Gasteiger partial charge in [-0.2, -0.15) is 0 Å². The van der Waals surface area contributed by atoms with Crippen LogP contribution >= 0.6 is 0 Å². The summed E-state index contributed by atoms with van der Waals surface area (Å²) in [5.74, 6) is 0. The molecule has 6 aromatic rings. The smallest absolute Gasteiger partial charge is 0.0517 e. The molecule has 0 saturated heterocycles. The van der Waals surface area contributed by atoms with E-state index in [0.29, 0.717) is 0 Å². The average Bonchev–Trinajstić information content (AvgIpc) is 3.23. The molecule has 6 aromatic carbocycles. The van der Waals surface area contributed by atoms with Gasteiger partial charge in [0.25, 0.3) is 0 Å². The van der Waals surface area contributed by atoms with Crippen molar-refractivity contribution in [1.29, 1.82) is 0 Å². The van der Waals surface area contributed by atoms with Crippen LogP contribution in [0.3, 0.4) is 0 Å². The highest BCUT2D eigenvalue weighted by molar-refractivity contribution is 6.21. The van der Waals surface area contributed by atoms with E-state index in [1.54, 1.807) is 0 Å². The van der Waals surface area contributed by atoms with Crippen LogP contribution in [0.1, 0.15) is 45.1 Å². The minimum absolute atomic E-state index is 0.0505. The first-order chi connectivity index (χ1) is 20.1. The van der Waals surface area contributed by atoms with E-state index in [0.717, 1.165) is 0 Å². The number of nitrogens with zero attached hydrogens (tertiary/aromatic N) is 1. The van der Waals surface area contributed by atoms with Gasteiger partial charge in [-0.05, 0) is 93.4 Å². The van der Waals surface area contributed by atoms with Crippen LogP contribution in [0.2, 0.25) is 0 Å². The van der Waals surface area contributed by atoms with Crippen molar-refractivity contribution in [3.05, 3.63) is 133 Å². The number of hydrogen-bond donors (Lipinski definition) is 0. The van der Waals surface area contributed by atoms with Crippen LogP contribution in [0.5, 0.6) is 0 Å². The van der Waals surface area contributed by atoms with Crippen molar-refractivity contribution in [2.24, 2.45) is 0 Å². The third kappa shape index (κ3) is 3.42. The molecule has 1 aliphatic heterocycles. The summed E-state index contributed by atoms with van der Waals surface area (Å²) in [6.45, 7) is 5.05. The van der Waals surface area contributed by atoms with Gasteiger partial charge in [0.05, 0.1) is 5.54 Å². The van der Waals surface area contributed by atoms with Crippen molar-refractivity contribution in [2.45, 2.75) is 50.5 Å². The van der Waals surface area contributed by atoms with E-state index in [9.17, 15) is 0 Å². The first kappa shape index (κ1) is 24.4. The summed E-state index contributed by atoms with van der Waals surface area (Å²) in [7, 11) is 0. The molecule has 1 saturated carbocycles. The number of hydrogen-bond acceptors (Lipinski definition) is 1. The molecular weight excluding hydrogens is 494 g/mol. The third-order valence-electron chi connectivity index (χ3n) is 10.4. The van der Waals surface area contributed by atoms with Gasteiger partial charge in [0, 0.05) is 16.8 Å². The van der Waals surface area contributed by atoms with E-state index >= 15 is 0 Å². The molecule has 1 nitrogen and oxygen atoms in total. The van der Waals surface area contributed by atoms with E-state index in [1.807, 2.05) is 0 Å². The van der Waals surface area contributed by atoms with Gasteiger partial charge in [-0.25, -0.2) is 0 Å². The van der Waals surface area contributed by atoms with E-state index in [4.69, 9.17) is 0 Å². The Kier molecular flexibility index (Phi) is 5.41. The van der Waals surface area contributed by atoms with E-state index in [2.05, 4.69) is 146 Å². The zero-order chi connectivity index (χ0) is 27.6. The molecule has 1 heteroatoms. The summed E-state index contributed by atoms with van der Waals surface area (Å²) < 4.78 is 0. The monoisotopic (exact) mass is 529 g/mol. The maximum absolute atomic E-state index is 2.67. The topological polar surface area (TPSA) is 3.24 Å². The van der Waals surface area contributed by atoms with E-state index in [-0.39, 0.29) is 11.0 Å². The molecule has 2 aliphatic rings. The van der Waals surface area contributed by atoms with Gasteiger partial charge in [0.1, 0.15) is 0 Å². The molecule has 41 heavy (non-hydrogen) atoms. The van der Waals surface area contributed by atoms with Crippen molar-refractivity contribution in [3.8, 4) is 22.3 Å². The molecule has 200 valence electrons. The minimum Gasteiger partial charge on any atom is -0.334 e. The highest BCUT2D eigenvalue weighted by atomic mass is 15.2. The number of rotatable bonds is 3. The fourth-order valence-electron chi connectivity index (χ4n) is 8.23. The predicted molar refractivity (Wildman–Crippen MR) is 175 cm³/mol. The molecule has 0 bridgehead atoms. The van der Waals surface area contributed by atoms with E-state index in [1.165, 1.54) is 86.4 Å². The van der Waals surface area contributed by atoms with Crippen LogP contribution in [0.4, 0.5) is 11.4 Å². The predicted octanol–water partition coefficient (Wildman–Crippen LogP) is 11.1. The lowest BCUT2D eigenvalue weighted by Crippen LogP contribution is -2.54. The molecule has 0 aromatic heterocycles. The maximum atomic E-state index is 2.67. The molecule has 8 rings (SSSR count). The fraction of sp³-hybridized carbons (Fsp3) is 0.200. The van der Waals surface area contributed by atoms with E-state index < -0.39 is 0 Å². The first-order valence-electron chi connectivity index (χ1n) is 15.1. The second kappa shape index (κ2) is 9.08. The van der Waals surface area contributed by atoms with Crippen molar-refractivity contribution in [2.75, 3.05) is 4.90 Å². The van der Waals surface area contributed by atoms with Crippen LogP contribution in [-0.2, 0) is 5.41 Å². The lowest BCUT2D eigenvalue weighted by Gasteiger charge is -2.50. The van der Waals surface area contributed by atoms with Crippen molar-refractivity contribution in [3.63, 3.8) is 0 Å². The second-order valence-corrected chi connectivity index (χ2v) is 12.4. The Morgan fingerprint density at radius 1 is 0.512 bits per heavy atom. The normalized spacial score (nSPS) is 21.7. The Balaban J connectivity index is 1.42. The van der Waals surface area contributed by atoms with Crippen LogP contribution in [0, 0.1) is 0 Å². The van der Waals surface area contributed by atoms with Gasteiger partial charge in [0.2, 0.25) is 0 Å². The SMILES string of the molecule is CC12CCCCC1(C)N(c1ccccc1)c1ccc(-c3c4ccccc4c(-c4ccccc4)c4ccccc34)cc12. The quantitative estimate of drug-likeness (QED) is 0.206. The van der Waals surface area contributed by atoms with Gasteiger partial charge < -0.3 is 4.90 Å². The summed E-state index contributed by atoms with van der Waals surface area (Å²) in [4.78, 5) is 2.67. The van der Waals surface area contributed by atoms with Gasteiger partial charge in [-0.3, -0.25) is 0 Å². The molecule has 1 fully saturated rings. The Hall–Kier alpha value is -4.36. The molecule has 0 spiro atoms. The minimum atomic E-state index is 0.0505. The van der Waals surface area contributed by atoms with Crippen LogP contribution < -0.4 is 4.90 Å².